The Morgan fingerprint density at radius 2 is 2.00 bits per heavy atom. The minimum absolute atomic E-state index is 0.0723. The Balaban J connectivity index is 2.35. The Hall–Kier alpha value is -2.30. The summed E-state index contributed by atoms with van der Waals surface area (Å²) in [7, 11) is 0. The number of aliphatic carboxylic acids is 1. The van der Waals surface area contributed by atoms with E-state index in [9.17, 15) is 9.59 Å². The topological polar surface area (TPSA) is 71.3 Å². The van der Waals surface area contributed by atoms with Crippen LogP contribution in [0, 0.1) is 6.92 Å². The van der Waals surface area contributed by atoms with Crippen LogP contribution in [0.4, 0.5) is 0 Å². The van der Waals surface area contributed by atoms with Gasteiger partial charge in [-0.1, -0.05) is 18.2 Å². The third-order valence-electron chi connectivity index (χ3n) is 3.38. The number of aromatic nitrogens is 1. The summed E-state index contributed by atoms with van der Waals surface area (Å²) in [4.78, 5) is 22.8. The molecule has 0 aliphatic carbocycles. The minimum Gasteiger partial charge on any atom is -0.481 e. The van der Waals surface area contributed by atoms with Gasteiger partial charge in [-0.15, -0.1) is 0 Å². The van der Waals surface area contributed by atoms with Gasteiger partial charge >= 0.3 is 5.97 Å². The molecular formula is C15H18N2O3. The predicted molar refractivity (Wildman–Crippen MR) is 76.9 cm³/mol. The van der Waals surface area contributed by atoms with Crippen LogP contribution in [0.3, 0.4) is 0 Å². The fraction of sp³-hybridized carbons (Fsp3) is 0.333. The van der Waals surface area contributed by atoms with Crippen molar-refractivity contribution in [2.45, 2.75) is 26.8 Å². The molecule has 1 heterocycles. The molecule has 0 radical (unpaired) electrons. The molecule has 0 fully saturated rings. The van der Waals surface area contributed by atoms with Gasteiger partial charge in [0.2, 0.25) is 0 Å². The summed E-state index contributed by atoms with van der Waals surface area (Å²) < 4.78 is 1.96. The van der Waals surface area contributed by atoms with Crippen LogP contribution in [0.2, 0.25) is 0 Å². The first kappa shape index (κ1) is 14.1. The molecule has 2 N–H and O–H groups in total. The molecule has 0 unspecified atom stereocenters. The molecule has 0 spiro atoms. The lowest BCUT2D eigenvalue weighted by atomic mass is 10.1. The van der Waals surface area contributed by atoms with Gasteiger partial charge in [-0.05, 0) is 25.5 Å². The molecule has 0 atom stereocenters. The number of carbonyl (C=O) groups excluding carboxylic acids is 1. The second kappa shape index (κ2) is 5.77. The number of rotatable bonds is 5. The zero-order valence-electron chi connectivity index (χ0n) is 11.6. The van der Waals surface area contributed by atoms with Crippen molar-refractivity contribution in [1.29, 1.82) is 0 Å². The molecule has 1 aromatic carbocycles. The van der Waals surface area contributed by atoms with E-state index in [0.29, 0.717) is 12.2 Å². The van der Waals surface area contributed by atoms with E-state index >= 15 is 0 Å². The van der Waals surface area contributed by atoms with E-state index < -0.39 is 5.97 Å². The largest absolute Gasteiger partial charge is 0.481 e. The van der Waals surface area contributed by atoms with Crippen LogP contribution in [-0.2, 0) is 11.3 Å². The third-order valence-corrected chi connectivity index (χ3v) is 3.38. The first-order chi connectivity index (χ1) is 9.56. The second-order valence-corrected chi connectivity index (χ2v) is 4.63. The second-order valence-electron chi connectivity index (χ2n) is 4.63. The van der Waals surface area contributed by atoms with Gasteiger partial charge in [0.05, 0.1) is 6.42 Å². The van der Waals surface area contributed by atoms with Gasteiger partial charge in [0.25, 0.3) is 5.91 Å². The number of nitrogens with zero attached hydrogens (tertiary/aromatic N) is 1. The molecule has 2 rings (SSSR count). The number of carboxylic acids is 1. The molecule has 20 heavy (non-hydrogen) atoms. The summed E-state index contributed by atoms with van der Waals surface area (Å²) in [6, 6.07) is 7.87. The normalized spacial score (nSPS) is 10.7. The summed E-state index contributed by atoms with van der Waals surface area (Å²) in [5, 5.41) is 12.3. The van der Waals surface area contributed by atoms with Crippen LogP contribution < -0.4 is 5.32 Å². The van der Waals surface area contributed by atoms with Gasteiger partial charge in [-0.2, -0.15) is 0 Å². The first-order valence-corrected chi connectivity index (χ1v) is 6.64. The van der Waals surface area contributed by atoms with Crippen molar-refractivity contribution >= 4 is 22.8 Å². The molecule has 2 aromatic rings. The number of para-hydroxylation sites is 1. The summed E-state index contributed by atoms with van der Waals surface area (Å²) in [6.45, 7) is 4.73. The van der Waals surface area contributed by atoms with Gasteiger partial charge < -0.3 is 15.0 Å². The lowest BCUT2D eigenvalue weighted by Crippen LogP contribution is -2.28. The van der Waals surface area contributed by atoms with E-state index in [2.05, 4.69) is 5.32 Å². The minimum atomic E-state index is -0.918. The summed E-state index contributed by atoms with van der Waals surface area (Å²) in [5.74, 6) is -1.14. The van der Waals surface area contributed by atoms with Crippen LogP contribution in [0.25, 0.3) is 10.9 Å². The number of aryl methyl sites for hydroxylation is 2. The number of carboxylic acid groups (broad SMARTS) is 1. The Kier molecular flexibility index (Phi) is 4.08. The Morgan fingerprint density at radius 1 is 1.30 bits per heavy atom. The zero-order chi connectivity index (χ0) is 14.7. The Bertz CT molecular complexity index is 658. The van der Waals surface area contributed by atoms with Crippen molar-refractivity contribution in [3.05, 3.63) is 35.5 Å². The molecule has 5 nitrogen and oxygen atoms in total. The van der Waals surface area contributed by atoms with Crippen molar-refractivity contribution in [3.63, 3.8) is 0 Å². The van der Waals surface area contributed by atoms with Crippen molar-refractivity contribution in [2.75, 3.05) is 6.54 Å². The highest BCUT2D eigenvalue weighted by Crippen LogP contribution is 2.25. The Labute approximate surface area is 117 Å². The number of carbonyl (C=O) groups is 2. The van der Waals surface area contributed by atoms with Crippen LogP contribution >= 0.6 is 0 Å². The highest BCUT2D eigenvalue weighted by molar-refractivity contribution is 6.01. The van der Waals surface area contributed by atoms with Gasteiger partial charge in [-0.3, -0.25) is 9.59 Å². The van der Waals surface area contributed by atoms with Crippen LogP contribution in [0.15, 0.2) is 24.3 Å². The average Bonchev–Trinajstić information content (AvgIpc) is 2.71. The quantitative estimate of drug-likeness (QED) is 0.877. The van der Waals surface area contributed by atoms with E-state index in [-0.39, 0.29) is 18.9 Å². The number of fused-ring (bicyclic) bond motifs is 1. The zero-order valence-corrected chi connectivity index (χ0v) is 11.6. The number of amides is 1. The molecular weight excluding hydrogens is 256 g/mol. The molecule has 1 aromatic heterocycles. The van der Waals surface area contributed by atoms with E-state index in [1.807, 2.05) is 42.7 Å². The highest BCUT2D eigenvalue weighted by Gasteiger charge is 2.18. The highest BCUT2D eigenvalue weighted by atomic mass is 16.4. The maximum absolute atomic E-state index is 12.3. The van der Waals surface area contributed by atoms with E-state index in [4.69, 9.17) is 5.11 Å². The maximum atomic E-state index is 12.3. The first-order valence-electron chi connectivity index (χ1n) is 6.64. The molecule has 0 saturated heterocycles. The van der Waals surface area contributed by atoms with Crippen LogP contribution in [0.1, 0.15) is 29.4 Å². The molecule has 1 amide bonds. The lowest BCUT2D eigenvalue weighted by molar-refractivity contribution is -0.136. The maximum Gasteiger partial charge on any atom is 0.305 e. The molecule has 5 heteroatoms. The monoisotopic (exact) mass is 274 g/mol. The molecule has 106 valence electrons. The summed E-state index contributed by atoms with van der Waals surface area (Å²) in [5.41, 5.74) is 2.56. The standard InChI is InChI=1S/C15H18N2O3/c1-3-17-12-7-5-4-6-11(12)10(2)14(17)15(20)16-9-8-13(18)19/h4-7H,3,8-9H2,1-2H3,(H,16,20)(H,18,19). The smallest absolute Gasteiger partial charge is 0.305 e. The fourth-order valence-electron chi connectivity index (χ4n) is 2.46. The van der Waals surface area contributed by atoms with E-state index in [1.54, 1.807) is 0 Å². The van der Waals surface area contributed by atoms with E-state index in [0.717, 1.165) is 16.5 Å². The number of benzene rings is 1. The van der Waals surface area contributed by atoms with Crippen LogP contribution in [-0.4, -0.2) is 28.1 Å². The number of hydrogen-bond acceptors (Lipinski definition) is 2. The van der Waals surface area contributed by atoms with Crippen molar-refractivity contribution in [1.82, 2.24) is 9.88 Å². The Morgan fingerprint density at radius 3 is 2.65 bits per heavy atom. The van der Waals surface area contributed by atoms with Gasteiger partial charge in [0.15, 0.2) is 0 Å². The summed E-state index contributed by atoms with van der Waals surface area (Å²) >= 11 is 0. The molecule has 0 aliphatic heterocycles. The van der Waals surface area contributed by atoms with Crippen molar-refractivity contribution < 1.29 is 14.7 Å². The summed E-state index contributed by atoms with van der Waals surface area (Å²) in [6.07, 6.45) is -0.0723. The molecule has 0 saturated carbocycles. The van der Waals surface area contributed by atoms with Crippen molar-refractivity contribution in [2.24, 2.45) is 0 Å². The van der Waals surface area contributed by atoms with Crippen LogP contribution in [0.5, 0.6) is 0 Å². The van der Waals surface area contributed by atoms with Gasteiger partial charge in [0, 0.05) is 24.0 Å². The fourth-order valence-corrected chi connectivity index (χ4v) is 2.46. The molecule has 0 bridgehead atoms. The van der Waals surface area contributed by atoms with Gasteiger partial charge in [-0.25, -0.2) is 0 Å². The van der Waals surface area contributed by atoms with Crippen molar-refractivity contribution in [3.8, 4) is 0 Å². The lowest BCUT2D eigenvalue weighted by Gasteiger charge is -2.09. The third kappa shape index (κ3) is 2.52. The number of hydrogen-bond donors (Lipinski definition) is 2. The predicted octanol–water partition coefficient (Wildman–Crippen LogP) is 2.17. The van der Waals surface area contributed by atoms with Gasteiger partial charge in [0.1, 0.15) is 5.69 Å². The SMILES string of the molecule is CCn1c(C(=O)NCCC(=O)O)c(C)c2ccccc21. The van der Waals surface area contributed by atoms with E-state index in [1.165, 1.54) is 0 Å². The average molecular weight is 274 g/mol. The number of nitrogens with one attached hydrogen (secondary N) is 1. The molecule has 0 aliphatic rings.